The molecule has 3 heterocycles. The second-order valence-electron chi connectivity index (χ2n) is 7.45. The third kappa shape index (κ3) is 4.40. The predicted octanol–water partition coefficient (Wildman–Crippen LogP) is 3.35. The summed E-state index contributed by atoms with van der Waals surface area (Å²) in [4.78, 5) is 30.1. The first kappa shape index (κ1) is 19.8. The van der Waals surface area contributed by atoms with Crippen LogP contribution >= 0.6 is 0 Å². The molecule has 0 aliphatic carbocycles. The van der Waals surface area contributed by atoms with E-state index in [4.69, 9.17) is 9.72 Å². The summed E-state index contributed by atoms with van der Waals surface area (Å²) in [6.45, 7) is 0.707. The first-order chi connectivity index (χ1) is 14.6. The highest BCUT2D eigenvalue weighted by atomic mass is 16.5. The fourth-order valence-electron chi connectivity index (χ4n) is 3.63. The Hall–Kier alpha value is -3.48. The van der Waals surface area contributed by atoms with Gasteiger partial charge in [0.1, 0.15) is 11.4 Å². The van der Waals surface area contributed by atoms with E-state index in [9.17, 15) is 4.79 Å². The molecule has 1 aliphatic heterocycles. The van der Waals surface area contributed by atoms with Gasteiger partial charge in [-0.3, -0.25) is 9.78 Å². The van der Waals surface area contributed by atoms with Gasteiger partial charge in [0, 0.05) is 44.8 Å². The number of pyridine rings is 1. The van der Waals surface area contributed by atoms with Crippen molar-refractivity contribution in [3.63, 3.8) is 0 Å². The Morgan fingerprint density at radius 3 is 2.83 bits per heavy atom. The van der Waals surface area contributed by atoms with E-state index in [1.54, 1.807) is 12.4 Å². The summed E-state index contributed by atoms with van der Waals surface area (Å²) >= 11 is 0. The van der Waals surface area contributed by atoms with Crippen molar-refractivity contribution in [1.82, 2.24) is 19.9 Å². The Bertz CT molecular complexity index is 1010. The molecule has 1 saturated heterocycles. The summed E-state index contributed by atoms with van der Waals surface area (Å²) in [5, 5.41) is 0. The number of hydrogen-bond donors (Lipinski definition) is 0. The van der Waals surface area contributed by atoms with Crippen LogP contribution in [-0.2, 0) is 4.79 Å². The second-order valence-corrected chi connectivity index (χ2v) is 7.45. The number of likely N-dealkylation sites (tertiary alicyclic amines) is 1. The van der Waals surface area contributed by atoms with E-state index in [1.807, 2.05) is 72.4 Å². The van der Waals surface area contributed by atoms with Crippen molar-refractivity contribution in [2.45, 2.75) is 18.9 Å². The molecule has 4 rings (SSSR count). The smallest absolute Gasteiger partial charge is 0.261 e. The maximum Gasteiger partial charge on any atom is 0.261 e. The van der Waals surface area contributed by atoms with Crippen LogP contribution in [0.3, 0.4) is 0 Å². The van der Waals surface area contributed by atoms with E-state index >= 15 is 0 Å². The van der Waals surface area contributed by atoms with Crippen molar-refractivity contribution in [2.24, 2.45) is 0 Å². The van der Waals surface area contributed by atoms with Crippen molar-refractivity contribution >= 4 is 11.6 Å². The summed E-state index contributed by atoms with van der Waals surface area (Å²) in [5.41, 5.74) is 2.59. The van der Waals surface area contributed by atoms with Gasteiger partial charge in [0.15, 0.2) is 12.4 Å². The number of ether oxygens (including phenoxy) is 1. The van der Waals surface area contributed by atoms with Crippen molar-refractivity contribution in [3.05, 3.63) is 66.6 Å². The van der Waals surface area contributed by atoms with Gasteiger partial charge in [-0.05, 0) is 43.2 Å². The largest absolute Gasteiger partial charge is 0.484 e. The van der Waals surface area contributed by atoms with Gasteiger partial charge in [0.2, 0.25) is 0 Å². The number of benzene rings is 1. The van der Waals surface area contributed by atoms with E-state index < -0.39 is 0 Å². The van der Waals surface area contributed by atoms with Crippen LogP contribution in [-0.4, -0.2) is 53.0 Å². The molecule has 1 aliphatic rings. The Morgan fingerprint density at radius 1 is 1.13 bits per heavy atom. The minimum Gasteiger partial charge on any atom is -0.484 e. The minimum absolute atomic E-state index is 0.00552. The number of carbonyl (C=O) groups excluding carboxylic acids is 1. The van der Waals surface area contributed by atoms with Gasteiger partial charge < -0.3 is 14.5 Å². The number of anilines is 1. The molecule has 1 aromatic carbocycles. The molecule has 3 aromatic rings. The fourth-order valence-corrected chi connectivity index (χ4v) is 3.63. The molecule has 2 aromatic heterocycles. The average Bonchev–Trinajstić information content (AvgIpc) is 3.28. The minimum atomic E-state index is -0.0697. The quantitative estimate of drug-likeness (QED) is 0.629. The number of aromatic nitrogens is 3. The summed E-state index contributed by atoms with van der Waals surface area (Å²) < 4.78 is 5.79. The van der Waals surface area contributed by atoms with Crippen molar-refractivity contribution < 1.29 is 9.53 Å². The molecule has 0 unspecified atom stereocenters. The molecule has 1 amide bonds. The SMILES string of the molecule is CN(C)c1cccc(OCC(=O)N2CCC[C@@H]2c2ccnc(-c3ccccn3)n2)c1. The molecule has 0 N–H and O–H groups in total. The molecule has 7 nitrogen and oxygen atoms in total. The van der Waals surface area contributed by atoms with Crippen LogP contribution in [0.1, 0.15) is 24.6 Å². The third-order valence-corrected chi connectivity index (χ3v) is 5.18. The third-order valence-electron chi connectivity index (χ3n) is 5.18. The van der Waals surface area contributed by atoms with E-state index in [2.05, 4.69) is 9.97 Å². The van der Waals surface area contributed by atoms with Crippen LogP contribution in [0.4, 0.5) is 5.69 Å². The Labute approximate surface area is 176 Å². The molecule has 0 spiro atoms. The van der Waals surface area contributed by atoms with Crippen molar-refractivity contribution in [1.29, 1.82) is 0 Å². The van der Waals surface area contributed by atoms with Gasteiger partial charge in [0.05, 0.1) is 11.7 Å². The van der Waals surface area contributed by atoms with E-state index in [0.717, 1.165) is 29.9 Å². The van der Waals surface area contributed by atoms with E-state index in [1.165, 1.54) is 0 Å². The zero-order valence-electron chi connectivity index (χ0n) is 17.2. The normalized spacial score (nSPS) is 15.8. The number of amides is 1. The number of nitrogens with zero attached hydrogens (tertiary/aromatic N) is 5. The predicted molar refractivity (Wildman–Crippen MR) is 115 cm³/mol. The summed E-state index contributed by atoms with van der Waals surface area (Å²) in [6.07, 6.45) is 5.27. The fraction of sp³-hybridized carbons (Fsp3) is 0.304. The second kappa shape index (κ2) is 8.90. The molecule has 0 radical (unpaired) electrons. The lowest BCUT2D eigenvalue weighted by Gasteiger charge is -2.24. The number of rotatable bonds is 6. The van der Waals surface area contributed by atoms with Crippen LogP contribution in [0.2, 0.25) is 0 Å². The van der Waals surface area contributed by atoms with Gasteiger partial charge in [-0.2, -0.15) is 0 Å². The zero-order chi connectivity index (χ0) is 20.9. The standard InChI is InChI=1S/C23H25N5O2/c1-27(2)17-7-5-8-18(15-17)30-16-22(29)28-14-6-10-21(28)19-11-13-25-23(26-19)20-9-3-4-12-24-20/h3-5,7-9,11-13,15,21H,6,10,14,16H2,1-2H3/t21-/m1/s1. The Kier molecular flexibility index (Phi) is 5.88. The van der Waals surface area contributed by atoms with Gasteiger partial charge in [-0.1, -0.05) is 12.1 Å². The highest BCUT2D eigenvalue weighted by molar-refractivity contribution is 5.78. The van der Waals surface area contributed by atoms with Crippen LogP contribution in [0.15, 0.2) is 60.9 Å². The van der Waals surface area contributed by atoms with Crippen LogP contribution in [0.5, 0.6) is 5.75 Å². The molecule has 154 valence electrons. The first-order valence-electron chi connectivity index (χ1n) is 10.1. The van der Waals surface area contributed by atoms with Gasteiger partial charge >= 0.3 is 0 Å². The lowest BCUT2D eigenvalue weighted by molar-refractivity contribution is -0.134. The number of carbonyl (C=O) groups is 1. The maximum atomic E-state index is 12.9. The highest BCUT2D eigenvalue weighted by Crippen LogP contribution is 2.31. The lowest BCUT2D eigenvalue weighted by atomic mass is 10.1. The van der Waals surface area contributed by atoms with Crippen LogP contribution in [0, 0.1) is 0 Å². The molecule has 30 heavy (non-hydrogen) atoms. The van der Waals surface area contributed by atoms with Gasteiger partial charge in [-0.15, -0.1) is 0 Å². The first-order valence-corrected chi connectivity index (χ1v) is 10.1. The van der Waals surface area contributed by atoms with Crippen molar-refractivity contribution in [3.8, 4) is 17.3 Å². The summed E-state index contributed by atoms with van der Waals surface area (Å²) in [5.74, 6) is 1.22. The van der Waals surface area contributed by atoms with E-state index in [0.29, 0.717) is 18.1 Å². The van der Waals surface area contributed by atoms with Crippen LogP contribution < -0.4 is 9.64 Å². The van der Waals surface area contributed by atoms with Gasteiger partial charge in [-0.25, -0.2) is 9.97 Å². The van der Waals surface area contributed by atoms with Crippen LogP contribution in [0.25, 0.3) is 11.5 Å². The molecule has 1 fully saturated rings. The van der Waals surface area contributed by atoms with Gasteiger partial charge in [0.25, 0.3) is 5.91 Å². The number of hydrogen-bond acceptors (Lipinski definition) is 6. The Morgan fingerprint density at radius 2 is 2.03 bits per heavy atom. The average molecular weight is 403 g/mol. The topological polar surface area (TPSA) is 71.5 Å². The molecule has 1 atom stereocenters. The molecular weight excluding hydrogens is 378 g/mol. The Balaban J connectivity index is 1.46. The summed E-state index contributed by atoms with van der Waals surface area (Å²) in [7, 11) is 3.94. The monoisotopic (exact) mass is 403 g/mol. The lowest BCUT2D eigenvalue weighted by Crippen LogP contribution is -2.34. The molecule has 0 saturated carbocycles. The molecule has 7 heteroatoms. The zero-order valence-corrected chi connectivity index (χ0v) is 17.2. The molecule has 0 bridgehead atoms. The van der Waals surface area contributed by atoms with Crippen molar-refractivity contribution in [2.75, 3.05) is 32.1 Å². The summed E-state index contributed by atoms with van der Waals surface area (Å²) in [6, 6.07) is 15.2. The highest BCUT2D eigenvalue weighted by Gasteiger charge is 2.31. The maximum absolute atomic E-state index is 12.9. The molecular formula is C23H25N5O2. The van der Waals surface area contributed by atoms with E-state index in [-0.39, 0.29) is 18.6 Å².